The number of ether oxygens (including phenoxy) is 1. The Hall–Kier alpha value is -0.590. The van der Waals surface area contributed by atoms with Gasteiger partial charge >= 0.3 is 5.97 Å². The maximum atomic E-state index is 11.6. The van der Waals surface area contributed by atoms with Gasteiger partial charge in [-0.15, -0.1) is 12.4 Å². The number of carbonyl (C=O) groups is 1. The summed E-state index contributed by atoms with van der Waals surface area (Å²) < 4.78 is 5.05. The molecule has 1 rings (SSSR count). The monoisotopic (exact) mass is 328 g/mol. The highest BCUT2D eigenvalue weighted by molar-refractivity contribution is 6.32. The van der Waals surface area contributed by atoms with Crippen LogP contribution in [0.3, 0.4) is 0 Å². The maximum Gasteiger partial charge on any atom is 0.326 e. The Morgan fingerprint density at radius 2 is 2.00 bits per heavy atom. The summed E-state index contributed by atoms with van der Waals surface area (Å²) in [5, 5.41) is 12.5. The van der Waals surface area contributed by atoms with Crippen molar-refractivity contribution in [2.45, 2.75) is 25.7 Å². The molecular weight excluding hydrogens is 314 g/mol. The number of esters is 1. The molecule has 19 heavy (non-hydrogen) atoms. The fourth-order valence-corrected chi connectivity index (χ4v) is 1.90. The SMILES string of the molecule is CN[C@H](C(=O)OCc1cc(Cl)nc(Cl)c1)[C@H](C)O.Cl. The van der Waals surface area contributed by atoms with Gasteiger partial charge in [-0.25, -0.2) is 4.98 Å². The summed E-state index contributed by atoms with van der Waals surface area (Å²) in [6.45, 7) is 1.52. The van der Waals surface area contributed by atoms with Crippen molar-refractivity contribution in [1.29, 1.82) is 0 Å². The number of likely N-dealkylation sites (N-methyl/N-ethyl adjacent to an activating group) is 1. The molecule has 0 saturated heterocycles. The van der Waals surface area contributed by atoms with E-state index in [0.29, 0.717) is 5.56 Å². The Bertz CT molecular complexity index is 409. The molecule has 0 spiro atoms. The van der Waals surface area contributed by atoms with E-state index in [1.54, 1.807) is 19.2 Å². The number of hydrogen-bond acceptors (Lipinski definition) is 5. The molecule has 0 amide bonds. The van der Waals surface area contributed by atoms with E-state index in [-0.39, 0.29) is 29.3 Å². The fraction of sp³-hybridized carbons (Fsp3) is 0.455. The van der Waals surface area contributed by atoms with Crippen LogP contribution in [0, 0.1) is 0 Å². The minimum Gasteiger partial charge on any atom is -0.460 e. The molecule has 0 aromatic carbocycles. The van der Waals surface area contributed by atoms with Crippen LogP contribution in [-0.2, 0) is 16.1 Å². The highest BCUT2D eigenvalue weighted by Crippen LogP contribution is 2.15. The average Bonchev–Trinajstić information content (AvgIpc) is 2.25. The van der Waals surface area contributed by atoms with Crippen molar-refractivity contribution < 1.29 is 14.6 Å². The van der Waals surface area contributed by atoms with Gasteiger partial charge in [0, 0.05) is 0 Å². The molecule has 0 aliphatic rings. The predicted octanol–water partition coefficient (Wildman–Crippen LogP) is 1.82. The van der Waals surface area contributed by atoms with Crippen LogP contribution in [0.25, 0.3) is 0 Å². The van der Waals surface area contributed by atoms with Crippen molar-refractivity contribution in [1.82, 2.24) is 10.3 Å². The first-order chi connectivity index (χ1) is 8.43. The van der Waals surface area contributed by atoms with Crippen LogP contribution in [0.5, 0.6) is 0 Å². The molecule has 0 fully saturated rings. The maximum absolute atomic E-state index is 11.6. The van der Waals surface area contributed by atoms with Crippen LogP contribution >= 0.6 is 35.6 Å². The van der Waals surface area contributed by atoms with Gasteiger partial charge in [-0.3, -0.25) is 4.79 Å². The molecule has 8 heteroatoms. The van der Waals surface area contributed by atoms with Crippen molar-refractivity contribution in [3.8, 4) is 0 Å². The number of hydrogen-bond donors (Lipinski definition) is 2. The summed E-state index contributed by atoms with van der Waals surface area (Å²) in [6.07, 6.45) is -0.841. The normalized spacial score (nSPS) is 13.3. The first kappa shape index (κ1) is 18.4. The molecule has 2 N–H and O–H groups in total. The fourth-order valence-electron chi connectivity index (χ4n) is 1.40. The molecule has 2 atom stereocenters. The van der Waals surface area contributed by atoms with E-state index >= 15 is 0 Å². The van der Waals surface area contributed by atoms with Crippen molar-refractivity contribution in [3.05, 3.63) is 28.0 Å². The van der Waals surface area contributed by atoms with Crippen LogP contribution in [0.4, 0.5) is 0 Å². The third-order valence-corrected chi connectivity index (χ3v) is 2.64. The lowest BCUT2D eigenvalue weighted by Crippen LogP contribution is -2.43. The smallest absolute Gasteiger partial charge is 0.326 e. The van der Waals surface area contributed by atoms with Gasteiger partial charge in [0.2, 0.25) is 0 Å². The van der Waals surface area contributed by atoms with Gasteiger partial charge in [-0.1, -0.05) is 23.2 Å². The van der Waals surface area contributed by atoms with Gasteiger partial charge in [0.15, 0.2) is 0 Å². The van der Waals surface area contributed by atoms with Gasteiger partial charge in [-0.2, -0.15) is 0 Å². The highest BCUT2D eigenvalue weighted by Gasteiger charge is 2.23. The predicted molar refractivity (Wildman–Crippen MR) is 75.8 cm³/mol. The molecule has 0 aliphatic heterocycles. The lowest BCUT2D eigenvalue weighted by Gasteiger charge is -2.17. The Morgan fingerprint density at radius 1 is 1.47 bits per heavy atom. The minimum absolute atomic E-state index is 0. The lowest BCUT2D eigenvalue weighted by molar-refractivity contribution is -0.150. The Kier molecular flexibility index (Phi) is 8.29. The minimum atomic E-state index is -0.841. The first-order valence-electron chi connectivity index (χ1n) is 5.28. The number of halogens is 3. The standard InChI is InChI=1S/C11H14Cl2N2O3.ClH/c1-6(16)10(14-2)11(17)18-5-7-3-8(12)15-9(13)4-7;/h3-4,6,10,14,16H,5H2,1-2H3;1H/t6-,10-;/m0./s1. The molecule has 0 unspecified atom stereocenters. The van der Waals surface area contributed by atoms with E-state index < -0.39 is 18.1 Å². The average molecular weight is 330 g/mol. The van der Waals surface area contributed by atoms with Crippen LogP contribution in [0.15, 0.2) is 12.1 Å². The number of aromatic nitrogens is 1. The number of nitrogens with one attached hydrogen (secondary N) is 1. The molecule has 0 saturated carbocycles. The van der Waals surface area contributed by atoms with Crippen molar-refractivity contribution >= 4 is 41.6 Å². The van der Waals surface area contributed by atoms with E-state index in [1.165, 1.54) is 6.92 Å². The summed E-state index contributed by atoms with van der Waals surface area (Å²) in [5.74, 6) is -0.545. The zero-order valence-electron chi connectivity index (χ0n) is 10.4. The van der Waals surface area contributed by atoms with Crippen LogP contribution in [-0.4, -0.2) is 35.3 Å². The zero-order valence-corrected chi connectivity index (χ0v) is 12.7. The Labute approximate surface area is 127 Å². The lowest BCUT2D eigenvalue weighted by atomic mass is 10.2. The third-order valence-electron chi connectivity index (χ3n) is 2.25. The third kappa shape index (κ3) is 5.93. The van der Waals surface area contributed by atoms with Gasteiger partial charge in [0.1, 0.15) is 23.0 Å². The van der Waals surface area contributed by atoms with Crippen molar-refractivity contribution in [2.75, 3.05) is 7.05 Å². The summed E-state index contributed by atoms with van der Waals surface area (Å²) in [5.41, 5.74) is 0.633. The number of pyridine rings is 1. The second kappa shape index (κ2) is 8.55. The molecule has 0 bridgehead atoms. The van der Waals surface area contributed by atoms with E-state index in [4.69, 9.17) is 27.9 Å². The second-order valence-electron chi connectivity index (χ2n) is 3.74. The van der Waals surface area contributed by atoms with Gasteiger partial charge in [0.05, 0.1) is 6.10 Å². The summed E-state index contributed by atoms with van der Waals surface area (Å²) >= 11 is 11.4. The zero-order chi connectivity index (χ0) is 13.7. The number of rotatable bonds is 5. The summed E-state index contributed by atoms with van der Waals surface area (Å²) in [6, 6.07) is 2.34. The molecular formula is C11H15Cl3N2O3. The Morgan fingerprint density at radius 3 is 2.42 bits per heavy atom. The summed E-state index contributed by atoms with van der Waals surface area (Å²) in [7, 11) is 1.57. The van der Waals surface area contributed by atoms with E-state index in [0.717, 1.165) is 0 Å². The van der Waals surface area contributed by atoms with Gasteiger partial charge < -0.3 is 15.2 Å². The molecule has 0 aliphatic carbocycles. The highest BCUT2D eigenvalue weighted by atomic mass is 35.5. The molecule has 1 aromatic heterocycles. The van der Waals surface area contributed by atoms with Crippen molar-refractivity contribution in [3.63, 3.8) is 0 Å². The number of aliphatic hydroxyl groups is 1. The summed E-state index contributed by atoms with van der Waals surface area (Å²) in [4.78, 5) is 15.4. The van der Waals surface area contributed by atoms with Gasteiger partial charge in [0.25, 0.3) is 0 Å². The van der Waals surface area contributed by atoms with E-state index in [1.807, 2.05) is 0 Å². The molecule has 5 nitrogen and oxygen atoms in total. The quantitative estimate of drug-likeness (QED) is 0.637. The van der Waals surface area contributed by atoms with E-state index in [9.17, 15) is 9.90 Å². The largest absolute Gasteiger partial charge is 0.460 e. The number of nitrogens with zero attached hydrogens (tertiary/aromatic N) is 1. The van der Waals surface area contributed by atoms with Crippen LogP contribution in [0.2, 0.25) is 10.3 Å². The molecule has 108 valence electrons. The first-order valence-corrected chi connectivity index (χ1v) is 6.03. The second-order valence-corrected chi connectivity index (χ2v) is 4.51. The van der Waals surface area contributed by atoms with Gasteiger partial charge in [-0.05, 0) is 31.7 Å². The van der Waals surface area contributed by atoms with Crippen molar-refractivity contribution in [2.24, 2.45) is 0 Å². The topological polar surface area (TPSA) is 71.5 Å². The molecule has 1 aromatic rings. The number of aliphatic hydroxyl groups excluding tert-OH is 1. The number of carbonyl (C=O) groups excluding carboxylic acids is 1. The van der Waals surface area contributed by atoms with Crippen LogP contribution in [0.1, 0.15) is 12.5 Å². The molecule has 0 radical (unpaired) electrons. The Balaban J connectivity index is 0.00000324. The van der Waals surface area contributed by atoms with E-state index in [2.05, 4.69) is 10.3 Å². The molecule has 1 heterocycles. The van der Waals surface area contributed by atoms with Crippen LogP contribution < -0.4 is 5.32 Å².